The Morgan fingerprint density at radius 2 is 1.73 bits per heavy atom. The number of pyridine rings is 1. The van der Waals surface area contributed by atoms with E-state index in [2.05, 4.69) is 52.6 Å². The van der Waals surface area contributed by atoms with Gasteiger partial charge in [-0.05, 0) is 26.8 Å². The van der Waals surface area contributed by atoms with Crippen LogP contribution in [-0.4, -0.2) is 27.4 Å². The minimum absolute atomic E-state index is 0.00246. The topological polar surface area (TPSA) is 37.6 Å². The Bertz CT molecular complexity index is 669. The van der Waals surface area contributed by atoms with Gasteiger partial charge in [0.2, 0.25) is 5.56 Å². The Kier molecular flexibility index (Phi) is 4.07. The van der Waals surface area contributed by atoms with Crippen molar-refractivity contribution in [1.29, 1.82) is 0 Å². The van der Waals surface area contributed by atoms with E-state index in [1.54, 1.807) is 17.7 Å². The summed E-state index contributed by atoms with van der Waals surface area (Å²) in [5, 5.41) is 0. The van der Waals surface area contributed by atoms with Crippen molar-refractivity contribution in [1.82, 2.24) is 9.47 Å². The number of rotatable bonds is 1. The fraction of sp³-hybridized carbons (Fsp3) is 0.556. The van der Waals surface area contributed by atoms with Crippen molar-refractivity contribution in [3.63, 3.8) is 0 Å². The number of nitrogens with zero attached hydrogens (tertiary/aromatic N) is 3. The van der Waals surface area contributed by atoms with Gasteiger partial charge in [0.1, 0.15) is 6.17 Å². The molecule has 0 saturated heterocycles. The number of allylic oxidation sites excluding steroid dienone is 1. The highest BCUT2D eigenvalue weighted by Gasteiger charge is 2.36. The third kappa shape index (κ3) is 3.32. The molecule has 0 amide bonds. The van der Waals surface area contributed by atoms with E-state index in [9.17, 15) is 4.79 Å². The van der Waals surface area contributed by atoms with Crippen molar-refractivity contribution >= 4 is 11.8 Å². The Hall–Kier alpha value is -1.84. The van der Waals surface area contributed by atoms with Crippen molar-refractivity contribution < 1.29 is 0 Å². The summed E-state index contributed by atoms with van der Waals surface area (Å²) in [5.74, 6) is 0. The lowest BCUT2D eigenvalue weighted by Gasteiger charge is -2.46. The molecule has 4 heteroatoms. The lowest BCUT2D eigenvalue weighted by atomic mass is 9.88. The minimum Gasteiger partial charge on any atom is -0.350 e. The zero-order valence-corrected chi connectivity index (χ0v) is 14.7. The second kappa shape index (κ2) is 5.41. The van der Waals surface area contributed by atoms with Gasteiger partial charge in [-0.15, -0.1) is 0 Å². The molecule has 0 radical (unpaired) electrons. The van der Waals surface area contributed by atoms with Gasteiger partial charge in [-0.1, -0.05) is 20.8 Å². The molecule has 1 aromatic heterocycles. The van der Waals surface area contributed by atoms with Crippen LogP contribution in [-0.2, 0) is 7.05 Å². The van der Waals surface area contributed by atoms with Crippen LogP contribution in [0.4, 0.5) is 0 Å². The predicted octanol–water partition coefficient (Wildman–Crippen LogP) is 3.28. The molecule has 0 aliphatic carbocycles. The summed E-state index contributed by atoms with van der Waals surface area (Å²) in [6.45, 7) is 13.2. The van der Waals surface area contributed by atoms with Gasteiger partial charge in [0.05, 0.1) is 0 Å². The van der Waals surface area contributed by atoms with Crippen LogP contribution in [0.5, 0.6) is 0 Å². The number of aliphatic imine (C=N–C) groups is 1. The fourth-order valence-corrected chi connectivity index (χ4v) is 2.59. The molecule has 2 rings (SSSR count). The molecule has 0 saturated carbocycles. The normalized spacial score (nSPS) is 19.3. The largest absolute Gasteiger partial charge is 0.350 e. The van der Waals surface area contributed by atoms with Crippen LogP contribution in [0.25, 0.3) is 5.57 Å². The first-order valence-electron chi connectivity index (χ1n) is 7.70. The molecule has 0 bridgehead atoms. The fourth-order valence-electron chi connectivity index (χ4n) is 2.59. The predicted molar refractivity (Wildman–Crippen MR) is 93.0 cm³/mol. The maximum Gasteiger partial charge on any atom is 0.250 e. The first-order chi connectivity index (χ1) is 10.00. The molecule has 0 N–H and O–H groups in total. The van der Waals surface area contributed by atoms with E-state index < -0.39 is 0 Å². The third-order valence-corrected chi connectivity index (χ3v) is 3.86. The van der Waals surface area contributed by atoms with Gasteiger partial charge < -0.3 is 9.47 Å². The molecule has 0 fully saturated rings. The standard InChI is InChI=1S/C18H27N3O/c1-17(2,3)16-19-10-14(12-21(16)18(4,5)6)13-8-9-15(22)20(7)11-13/h8-12,16H,1-7H3. The second-order valence-electron chi connectivity index (χ2n) is 8.05. The smallest absolute Gasteiger partial charge is 0.250 e. The number of hydrogen-bond acceptors (Lipinski definition) is 3. The molecule has 0 spiro atoms. The maximum atomic E-state index is 11.6. The SMILES string of the molecule is Cn1cc(C2=CN(C(C)(C)C)C(C(C)(C)C)N=C2)ccc1=O. The summed E-state index contributed by atoms with van der Waals surface area (Å²) in [6.07, 6.45) is 6.06. The third-order valence-electron chi connectivity index (χ3n) is 3.86. The molecule has 1 atom stereocenters. The van der Waals surface area contributed by atoms with Crippen LogP contribution in [0.1, 0.15) is 47.1 Å². The maximum absolute atomic E-state index is 11.6. The molecule has 22 heavy (non-hydrogen) atoms. The summed E-state index contributed by atoms with van der Waals surface area (Å²) in [6, 6.07) is 3.46. The first kappa shape index (κ1) is 16.5. The van der Waals surface area contributed by atoms with Crippen molar-refractivity contribution in [2.24, 2.45) is 17.5 Å². The van der Waals surface area contributed by atoms with Crippen LogP contribution in [0, 0.1) is 5.41 Å². The van der Waals surface area contributed by atoms with Crippen molar-refractivity contribution in [3.05, 3.63) is 40.4 Å². The van der Waals surface area contributed by atoms with E-state index in [0.29, 0.717) is 0 Å². The number of hydrogen-bond donors (Lipinski definition) is 0. The summed E-state index contributed by atoms with van der Waals surface area (Å²) < 4.78 is 1.60. The molecular formula is C18H27N3O. The molecule has 4 nitrogen and oxygen atoms in total. The quantitative estimate of drug-likeness (QED) is 0.798. The highest BCUT2D eigenvalue weighted by molar-refractivity contribution is 6.10. The first-order valence-corrected chi connectivity index (χ1v) is 7.70. The molecule has 1 aliphatic rings. The van der Waals surface area contributed by atoms with Crippen LogP contribution in [0.15, 0.2) is 34.3 Å². The molecular weight excluding hydrogens is 274 g/mol. The Morgan fingerprint density at radius 1 is 1.09 bits per heavy atom. The average molecular weight is 301 g/mol. The van der Waals surface area contributed by atoms with Crippen LogP contribution < -0.4 is 5.56 Å². The highest BCUT2D eigenvalue weighted by atomic mass is 16.1. The highest BCUT2D eigenvalue weighted by Crippen LogP contribution is 2.34. The molecule has 1 aliphatic heterocycles. The van der Waals surface area contributed by atoms with Crippen LogP contribution in [0.2, 0.25) is 0 Å². The van der Waals surface area contributed by atoms with Crippen molar-refractivity contribution in [2.45, 2.75) is 53.2 Å². The van der Waals surface area contributed by atoms with Crippen molar-refractivity contribution in [3.8, 4) is 0 Å². The molecule has 1 aromatic rings. The molecule has 2 heterocycles. The Morgan fingerprint density at radius 3 is 2.23 bits per heavy atom. The van der Waals surface area contributed by atoms with E-state index in [0.717, 1.165) is 11.1 Å². The van der Waals surface area contributed by atoms with Gasteiger partial charge in [0.15, 0.2) is 0 Å². The van der Waals surface area contributed by atoms with Crippen molar-refractivity contribution in [2.75, 3.05) is 0 Å². The summed E-state index contributed by atoms with van der Waals surface area (Å²) in [7, 11) is 1.77. The van der Waals surface area contributed by atoms with E-state index in [1.807, 2.05) is 18.5 Å². The molecule has 120 valence electrons. The monoisotopic (exact) mass is 301 g/mol. The van der Waals surface area contributed by atoms with Gasteiger partial charge in [-0.25, -0.2) is 0 Å². The van der Waals surface area contributed by atoms with E-state index in [4.69, 9.17) is 4.99 Å². The Balaban J connectivity index is 2.47. The summed E-state index contributed by atoms with van der Waals surface area (Å²) in [5.41, 5.74) is 2.06. The number of aryl methyl sites for hydroxylation is 1. The lowest BCUT2D eigenvalue weighted by molar-refractivity contribution is 0.0744. The van der Waals surface area contributed by atoms with E-state index in [1.165, 1.54) is 0 Å². The van der Waals surface area contributed by atoms with Gasteiger partial charge in [0.25, 0.3) is 0 Å². The van der Waals surface area contributed by atoms with Crippen LogP contribution in [0.3, 0.4) is 0 Å². The minimum atomic E-state index is -0.0262. The van der Waals surface area contributed by atoms with E-state index >= 15 is 0 Å². The van der Waals surface area contributed by atoms with Gasteiger partial charge >= 0.3 is 0 Å². The van der Waals surface area contributed by atoms with Crippen LogP contribution >= 0.6 is 0 Å². The van der Waals surface area contributed by atoms with Gasteiger partial charge in [0, 0.05) is 53.8 Å². The Labute approximate surface area is 133 Å². The summed E-state index contributed by atoms with van der Waals surface area (Å²) in [4.78, 5) is 18.7. The lowest BCUT2D eigenvalue weighted by Crippen LogP contribution is -2.50. The van der Waals surface area contributed by atoms with Gasteiger partial charge in [-0.2, -0.15) is 0 Å². The van der Waals surface area contributed by atoms with E-state index in [-0.39, 0.29) is 22.7 Å². The number of aromatic nitrogens is 1. The summed E-state index contributed by atoms with van der Waals surface area (Å²) >= 11 is 0. The second-order valence-corrected chi connectivity index (χ2v) is 8.05. The molecule has 1 unspecified atom stereocenters. The average Bonchev–Trinajstić information content (AvgIpc) is 2.39. The van der Waals surface area contributed by atoms with Gasteiger partial charge in [-0.3, -0.25) is 9.79 Å². The zero-order chi connectivity index (χ0) is 16.7. The zero-order valence-electron chi connectivity index (χ0n) is 14.7. The molecule has 0 aromatic carbocycles.